The van der Waals surface area contributed by atoms with Crippen molar-refractivity contribution in [3.8, 4) is 0 Å². The summed E-state index contributed by atoms with van der Waals surface area (Å²) in [6, 6.07) is 14.9. The molecule has 2 aromatic carbocycles. The van der Waals surface area contributed by atoms with Gasteiger partial charge in [-0.2, -0.15) is 0 Å². The van der Waals surface area contributed by atoms with Crippen LogP contribution >= 0.6 is 23.2 Å². The lowest BCUT2D eigenvalue weighted by atomic mass is 10.1. The standard InChI is InChI=1S/C17H15Cl2NO2/c18-14-7-6-13(10-15(14)19)17(21)20-8-9-22-16(11-20)12-4-2-1-3-5-12/h1-7,10,16H,8-9,11H2. The van der Waals surface area contributed by atoms with Gasteiger partial charge in [0.2, 0.25) is 0 Å². The number of carbonyl (C=O) groups excluding carboxylic acids is 1. The smallest absolute Gasteiger partial charge is 0.254 e. The molecule has 0 spiro atoms. The summed E-state index contributed by atoms with van der Waals surface area (Å²) >= 11 is 11.9. The summed E-state index contributed by atoms with van der Waals surface area (Å²) in [5, 5.41) is 0.836. The average molecular weight is 336 g/mol. The summed E-state index contributed by atoms with van der Waals surface area (Å²) in [5.41, 5.74) is 1.62. The van der Waals surface area contributed by atoms with E-state index >= 15 is 0 Å². The van der Waals surface area contributed by atoms with E-state index < -0.39 is 0 Å². The zero-order valence-electron chi connectivity index (χ0n) is 11.8. The molecule has 0 N–H and O–H groups in total. The number of morpholine rings is 1. The monoisotopic (exact) mass is 335 g/mol. The molecule has 1 aliphatic rings. The van der Waals surface area contributed by atoms with E-state index in [1.165, 1.54) is 0 Å². The molecule has 1 atom stereocenters. The molecule has 3 rings (SSSR count). The minimum absolute atomic E-state index is 0.0530. The van der Waals surface area contributed by atoms with Crippen LogP contribution in [0.25, 0.3) is 0 Å². The van der Waals surface area contributed by atoms with Gasteiger partial charge in [0.05, 0.1) is 23.2 Å². The Hall–Kier alpha value is -1.55. The Morgan fingerprint density at radius 3 is 2.59 bits per heavy atom. The minimum atomic E-state index is -0.0957. The molecule has 0 saturated carbocycles. The van der Waals surface area contributed by atoms with Gasteiger partial charge in [-0.1, -0.05) is 53.5 Å². The fraction of sp³-hybridized carbons (Fsp3) is 0.235. The normalized spacial score (nSPS) is 18.3. The van der Waals surface area contributed by atoms with Gasteiger partial charge in [-0.25, -0.2) is 0 Å². The Labute approximate surface area is 139 Å². The molecular weight excluding hydrogens is 321 g/mol. The zero-order chi connectivity index (χ0) is 15.5. The quantitative estimate of drug-likeness (QED) is 0.822. The molecule has 0 aliphatic carbocycles. The van der Waals surface area contributed by atoms with Crippen molar-refractivity contribution in [2.45, 2.75) is 6.10 Å². The van der Waals surface area contributed by atoms with E-state index in [1.54, 1.807) is 23.1 Å². The van der Waals surface area contributed by atoms with E-state index in [4.69, 9.17) is 27.9 Å². The Morgan fingerprint density at radius 2 is 1.86 bits per heavy atom. The largest absolute Gasteiger partial charge is 0.370 e. The summed E-state index contributed by atoms with van der Waals surface area (Å²) in [5.74, 6) is -0.0530. The highest BCUT2D eigenvalue weighted by molar-refractivity contribution is 6.42. The molecule has 5 heteroatoms. The molecular formula is C17H15Cl2NO2. The first-order valence-electron chi connectivity index (χ1n) is 7.06. The van der Waals surface area contributed by atoms with Crippen LogP contribution in [0.15, 0.2) is 48.5 Å². The molecule has 1 unspecified atom stereocenters. The lowest BCUT2D eigenvalue weighted by molar-refractivity contribution is -0.0228. The van der Waals surface area contributed by atoms with E-state index in [9.17, 15) is 4.79 Å². The molecule has 1 saturated heterocycles. The van der Waals surface area contributed by atoms with Gasteiger partial charge in [-0.05, 0) is 23.8 Å². The first-order valence-corrected chi connectivity index (χ1v) is 7.81. The van der Waals surface area contributed by atoms with Gasteiger partial charge in [-0.15, -0.1) is 0 Å². The summed E-state index contributed by atoms with van der Waals surface area (Å²) in [4.78, 5) is 14.4. The maximum absolute atomic E-state index is 12.6. The van der Waals surface area contributed by atoms with Gasteiger partial charge < -0.3 is 9.64 Å². The summed E-state index contributed by atoms with van der Waals surface area (Å²) < 4.78 is 5.78. The van der Waals surface area contributed by atoms with Crippen molar-refractivity contribution in [1.29, 1.82) is 0 Å². The van der Waals surface area contributed by atoms with Crippen molar-refractivity contribution >= 4 is 29.1 Å². The number of hydrogen-bond acceptors (Lipinski definition) is 2. The van der Waals surface area contributed by atoms with Gasteiger partial charge in [0.1, 0.15) is 6.10 Å². The number of ether oxygens (including phenoxy) is 1. The van der Waals surface area contributed by atoms with Gasteiger partial charge in [0.25, 0.3) is 5.91 Å². The number of carbonyl (C=O) groups is 1. The van der Waals surface area contributed by atoms with Gasteiger partial charge >= 0.3 is 0 Å². The second kappa shape index (κ2) is 6.69. The fourth-order valence-electron chi connectivity index (χ4n) is 2.51. The van der Waals surface area contributed by atoms with E-state index in [1.807, 2.05) is 30.3 Å². The second-order valence-electron chi connectivity index (χ2n) is 5.15. The Morgan fingerprint density at radius 1 is 1.09 bits per heavy atom. The average Bonchev–Trinajstić information content (AvgIpc) is 2.57. The Kier molecular flexibility index (Phi) is 4.67. The molecule has 2 aromatic rings. The van der Waals surface area contributed by atoms with Crippen molar-refractivity contribution in [3.05, 3.63) is 69.7 Å². The van der Waals surface area contributed by atoms with Crippen molar-refractivity contribution < 1.29 is 9.53 Å². The van der Waals surface area contributed by atoms with Gasteiger partial charge in [0.15, 0.2) is 0 Å². The summed E-state index contributed by atoms with van der Waals surface area (Å²) in [6.45, 7) is 1.62. The number of amides is 1. The molecule has 3 nitrogen and oxygen atoms in total. The summed E-state index contributed by atoms with van der Waals surface area (Å²) in [7, 11) is 0. The number of hydrogen-bond donors (Lipinski definition) is 0. The van der Waals surface area contributed by atoms with Crippen LogP contribution in [0.4, 0.5) is 0 Å². The molecule has 1 fully saturated rings. The first kappa shape index (κ1) is 15.3. The third-order valence-electron chi connectivity index (χ3n) is 3.69. The number of nitrogens with zero attached hydrogens (tertiary/aromatic N) is 1. The molecule has 1 heterocycles. The lowest BCUT2D eigenvalue weighted by Gasteiger charge is -2.33. The van der Waals surface area contributed by atoms with Crippen LogP contribution in [0.1, 0.15) is 22.0 Å². The molecule has 0 aromatic heterocycles. The molecule has 1 amide bonds. The predicted molar refractivity (Wildman–Crippen MR) is 87.5 cm³/mol. The number of rotatable bonds is 2. The lowest BCUT2D eigenvalue weighted by Crippen LogP contribution is -2.42. The van der Waals surface area contributed by atoms with E-state index in [0.717, 1.165) is 5.56 Å². The van der Waals surface area contributed by atoms with E-state index in [-0.39, 0.29) is 12.0 Å². The van der Waals surface area contributed by atoms with E-state index in [2.05, 4.69) is 0 Å². The Balaban J connectivity index is 1.76. The predicted octanol–water partition coefficient (Wildman–Crippen LogP) is 4.21. The van der Waals surface area contributed by atoms with Crippen LogP contribution in [0.3, 0.4) is 0 Å². The first-order chi connectivity index (χ1) is 10.6. The van der Waals surface area contributed by atoms with Crippen LogP contribution in [0, 0.1) is 0 Å². The highest BCUT2D eigenvalue weighted by Crippen LogP contribution is 2.26. The topological polar surface area (TPSA) is 29.5 Å². The summed E-state index contributed by atoms with van der Waals surface area (Å²) in [6.07, 6.45) is -0.0957. The maximum atomic E-state index is 12.6. The second-order valence-corrected chi connectivity index (χ2v) is 5.96. The molecule has 0 radical (unpaired) electrons. The highest BCUT2D eigenvalue weighted by Gasteiger charge is 2.26. The van der Waals surface area contributed by atoms with Crippen LogP contribution < -0.4 is 0 Å². The molecule has 1 aliphatic heterocycles. The Bertz CT molecular complexity index is 676. The van der Waals surface area contributed by atoms with Crippen molar-refractivity contribution in [2.75, 3.05) is 19.7 Å². The third-order valence-corrected chi connectivity index (χ3v) is 4.43. The fourth-order valence-corrected chi connectivity index (χ4v) is 2.81. The molecule has 22 heavy (non-hydrogen) atoms. The third kappa shape index (κ3) is 3.27. The SMILES string of the molecule is O=C(c1ccc(Cl)c(Cl)c1)N1CCOC(c2ccccc2)C1. The maximum Gasteiger partial charge on any atom is 0.254 e. The van der Waals surface area contributed by atoms with Crippen molar-refractivity contribution in [3.63, 3.8) is 0 Å². The zero-order valence-corrected chi connectivity index (χ0v) is 13.3. The highest BCUT2D eigenvalue weighted by atomic mass is 35.5. The number of benzene rings is 2. The van der Waals surface area contributed by atoms with Crippen LogP contribution in [0.2, 0.25) is 10.0 Å². The van der Waals surface area contributed by atoms with Gasteiger partial charge in [-0.3, -0.25) is 4.79 Å². The van der Waals surface area contributed by atoms with Crippen LogP contribution in [-0.4, -0.2) is 30.5 Å². The molecule has 114 valence electrons. The van der Waals surface area contributed by atoms with Crippen molar-refractivity contribution in [2.24, 2.45) is 0 Å². The van der Waals surface area contributed by atoms with Gasteiger partial charge in [0, 0.05) is 12.1 Å². The van der Waals surface area contributed by atoms with Crippen molar-refractivity contribution in [1.82, 2.24) is 4.90 Å². The van der Waals surface area contributed by atoms with Crippen LogP contribution in [0.5, 0.6) is 0 Å². The van der Waals surface area contributed by atoms with E-state index in [0.29, 0.717) is 35.3 Å². The number of halogens is 2. The minimum Gasteiger partial charge on any atom is -0.370 e. The van der Waals surface area contributed by atoms with Crippen LogP contribution in [-0.2, 0) is 4.74 Å². The molecule has 0 bridgehead atoms.